The first-order valence-electron chi connectivity index (χ1n) is 9.04. The second-order valence-corrected chi connectivity index (χ2v) is 6.56. The highest BCUT2D eigenvalue weighted by Crippen LogP contribution is 2.31. The average Bonchev–Trinajstić information content (AvgIpc) is 3.02. The first-order chi connectivity index (χ1) is 13.9. The normalized spacial score (nSPS) is 11.7. The zero-order valence-electron chi connectivity index (χ0n) is 16.3. The third kappa shape index (κ3) is 4.84. The molecule has 1 atom stereocenters. The number of hydrogen-bond donors (Lipinski definition) is 3. The number of nitrogens with one attached hydrogen (secondary N) is 3. The lowest BCUT2D eigenvalue weighted by molar-refractivity contribution is -0.115. The molecular formula is C21H22FN3O4. The summed E-state index contributed by atoms with van der Waals surface area (Å²) in [6.45, 7) is 3.43. The van der Waals surface area contributed by atoms with Gasteiger partial charge in [-0.05, 0) is 50.2 Å². The summed E-state index contributed by atoms with van der Waals surface area (Å²) in [4.78, 5) is 24.1. The van der Waals surface area contributed by atoms with Crippen molar-refractivity contribution in [1.82, 2.24) is 10.6 Å². The molecule has 1 aromatic heterocycles. The summed E-state index contributed by atoms with van der Waals surface area (Å²) < 4.78 is 24.2. The fourth-order valence-corrected chi connectivity index (χ4v) is 3.00. The number of ether oxygens (including phenoxy) is 1. The van der Waals surface area contributed by atoms with E-state index in [-0.39, 0.29) is 6.54 Å². The van der Waals surface area contributed by atoms with Crippen LogP contribution in [0.2, 0.25) is 0 Å². The van der Waals surface area contributed by atoms with Crippen LogP contribution in [0.4, 0.5) is 14.9 Å². The smallest absolute Gasteiger partial charge is 0.315 e. The van der Waals surface area contributed by atoms with Crippen molar-refractivity contribution in [1.29, 1.82) is 0 Å². The minimum absolute atomic E-state index is 0.259. The van der Waals surface area contributed by atoms with Crippen LogP contribution in [0.5, 0.6) is 5.75 Å². The summed E-state index contributed by atoms with van der Waals surface area (Å²) in [5.74, 6) is 0.412. The number of methoxy groups -OCH3 is 1. The number of urea groups is 1. The van der Waals surface area contributed by atoms with Crippen LogP contribution in [0.25, 0.3) is 11.0 Å². The zero-order chi connectivity index (χ0) is 21.0. The number of benzene rings is 2. The number of hydrogen-bond acceptors (Lipinski definition) is 4. The summed E-state index contributed by atoms with van der Waals surface area (Å²) in [6, 6.07) is 10.1. The van der Waals surface area contributed by atoms with E-state index in [4.69, 9.17) is 9.15 Å². The van der Waals surface area contributed by atoms with Crippen LogP contribution in [0, 0.1) is 12.7 Å². The van der Waals surface area contributed by atoms with E-state index in [1.165, 1.54) is 18.2 Å². The van der Waals surface area contributed by atoms with Gasteiger partial charge in [0, 0.05) is 16.6 Å². The molecule has 152 valence electrons. The molecule has 1 heterocycles. The highest BCUT2D eigenvalue weighted by molar-refractivity contribution is 5.94. The van der Waals surface area contributed by atoms with Crippen LogP contribution in [0.3, 0.4) is 0 Å². The Labute approximate surface area is 167 Å². The Morgan fingerprint density at radius 2 is 2.00 bits per heavy atom. The van der Waals surface area contributed by atoms with Crippen molar-refractivity contribution >= 4 is 28.6 Å². The van der Waals surface area contributed by atoms with Crippen molar-refractivity contribution < 1.29 is 23.1 Å². The van der Waals surface area contributed by atoms with E-state index in [2.05, 4.69) is 16.0 Å². The van der Waals surface area contributed by atoms with Crippen molar-refractivity contribution in [3.8, 4) is 5.75 Å². The van der Waals surface area contributed by atoms with Gasteiger partial charge >= 0.3 is 6.03 Å². The van der Waals surface area contributed by atoms with Gasteiger partial charge in [0.1, 0.15) is 22.9 Å². The lowest BCUT2D eigenvalue weighted by Gasteiger charge is -2.13. The molecule has 0 saturated heterocycles. The van der Waals surface area contributed by atoms with Crippen molar-refractivity contribution in [3.63, 3.8) is 0 Å². The molecule has 0 radical (unpaired) electrons. The summed E-state index contributed by atoms with van der Waals surface area (Å²) >= 11 is 0. The van der Waals surface area contributed by atoms with Gasteiger partial charge in [-0.15, -0.1) is 0 Å². The van der Waals surface area contributed by atoms with E-state index in [0.29, 0.717) is 17.0 Å². The quantitative estimate of drug-likeness (QED) is 0.586. The zero-order valence-corrected chi connectivity index (χ0v) is 16.3. The Kier molecular flexibility index (Phi) is 6.01. The molecular weight excluding hydrogens is 377 g/mol. The number of halogens is 1. The topological polar surface area (TPSA) is 92.6 Å². The van der Waals surface area contributed by atoms with Crippen LogP contribution in [-0.4, -0.2) is 25.6 Å². The molecule has 7 nitrogen and oxygen atoms in total. The van der Waals surface area contributed by atoms with Gasteiger partial charge in [0.05, 0.1) is 19.7 Å². The van der Waals surface area contributed by atoms with Gasteiger partial charge in [-0.1, -0.05) is 6.07 Å². The summed E-state index contributed by atoms with van der Waals surface area (Å²) in [6.07, 6.45) is 0. The van der Waals surface area contributed by atoms with E-state index < -0.39 is 23.8 Å². The van der Waals surface area contributed by atoms with Crippen LogP contribution in [0.15, 0.2) is 46.9 Å². The van der Waals surface area contributed by atoms with Crippen LogP contribution in [-0.2, 0) is 4.79 Å². The third-order valence-corrected chi connectivity index (χ3v) is 4.44. The molecule has 0 spiro atoms. The molecule has 3 aromatic rings. The third-order valence-electron chi connectivity index (χ3n) is 4.44. The van der Waals surface area contributed by atoms with Gasteiger partial charge in [0.25, 0.3) is 0 Å². The monoisotopic (exact) mass is 399 g/mol. The minimum Gasteiger partial charge on any atom is -0.497 e. The molecule has 0 fully saturated rings. The summed E-state index contributed by atoms with van der Waals surface area (Å²) in [5.41, 5.74) is 1.91. The van der Waals surface area contributed by atoms with Gasteiger partial charge in [0.2, 0.25) is 5.91 Å². The van der Waals surface area contributed by atoms with Gasteiger partial charge in [-0.3, -0.25) is 4.79 Å². The Bertz CT molecular complexity index is 1050. The lowest BCUT2D eigenvalue weighted by Crippen LogP contribution is -2.41. The molecule has 0 bridgehead atoms. The SMILES string of the molecule is COc1ccc2oc(C(C)NC(=O)NCC(=O)Nc3cccc(F)c3)c(C)c2c1. The molecule has 1 unspecified atom stereocenters. The van der Waals surface area contributed by atoms with Crippen LogP contribution < -0.4 is 20.7 Å². The fourth-order valence-electron chi connectivity index (χ4n) is 3.00. The molecule has 8 heteroatoms. The van der Waals surface area contributed by atoms with E-state index in [9.17, 15) is 14.0 Å². The van der Waals surface area contributed by atoms with E-state index in [1.807, 2.05) is 19.1 Å². The number of rotatable bonds is 6. The largest absolute Gasteiger partial charge is 0.497 e. The predicted octanol–water partition coefficient (Wildman–Crippen LogP) is 3.89. The number of fused-ring (bicyclic) bond motifs is 1. The van der Waals surface area contributed by atoms with Crippen molar-refractivity contribution in [2.24, 2.45) is 0 Å². The molecule has 29 heavy (non-hydrogen) atoms. The second-order valence-electron chi connectivity index (χ2n) is 6.56. The molecule has 3 rings (SSSR count). The number of carbonyl (C=O) groups is 2. The summed E-state index contributed by atoms with van der Waals surface area (Å²) in [5, 5.41) is 8.63. The molecule has 3 amide bonds. The fraction of sp³-hybridized carbons (Fsp3) is 0.238. The standard InChI is InChI=1S/C21H22FN3O4/c1-12-17-10-16(28-3)7-8-18(17)29-20(12)13(2)24-21(27)23-11-19(26)25-15-6-4-5-14(22)9-15/h4-10,13H,11H2,1-3H3,(H,25,26)(H2,23,24,27). The van der Waals surface area contributed by atoms with Crippen molar-refractivity contribution in [3.05, 3.63) is 59.6 Å². The second kappa shape index (κ2) is 8.64. The number of amides is 3. The maximum atomic E-state index is 13.1. The molecule has 0 saturated carbocycles. The number of carbonyl (C=O) groups excluding carboxylic acids is 2. The highest BCUT2D eigenvalue weighted by Gasteiger charge is 2.19. The van der Waals surface area contributed by atoms with E-state index in [0.717, 1.165) is 16.7 Å². The van der Waals surface area contributed by atoms with Crippen LogP contribution in [0.1, 0.15) is 24.3 Å². The number of aryl methyl sites for hydroxylation is 1. The highest BCUT2D eigenvalue weighted by atomic mass is 19.1. The Morgan fingerprint density at radius 3 is 2.72 bits per heavy atom. The predicted molar refractivity (Wildman–Crippen MR) is 107 cm³/mol. The molecule has 0 aliphatic carbocycles. The average molecular weight is 399 g/mol. The Morgan fingerprint density at radius 1 is 1.21 bits per heavy atom. The van der Waals surface area contributed by atoms with E-state index >= 15 is 0 Å². The maximum Gasteiger partial charge on any atom is 0.315 e. The minimum atomic E-state index is -0.524. The van der Waals surface area contributed by atoms with Crippen molar-refractivity contribution in [2.45, 2.75) is 19.9 Å². The number of anilines is 1. The Balaban J connectivity index is 1.57. The molecule has 0 aliphatic rings. The van der Waals surface area contributed by atoms with Gasteiger partial charge < -0.3 is 25.1 Å². The first-order valence-corrected chi connectivity index (χ1v) is 9.04. The summed E-state index contributed by atoms with van der Waals surface area (Å²) in [7, 11) is 1.59. The Hall–Kier alpha value is -3.55. The molecule has 0 aliphatic heterocycles. The number of furan rings is 1. The maximum absolute atomic E-state index is 13.1. The first kappa shape index (κ1) is 20.2. The lowest BCUT2D eigenvalue weighted by atomic mass is 10.1. The van der Waals surface area contributed by atoms with Crippen molar-refractivity contribution in [2.75, 3.05) is 19.0 Å². The molecule has 3 N–H and O–H groups in total. The van der Waals surface area contributed by atoms with Crippen LogP contribution >= 0.6 is 0 Å². The van der Waals surface area contributed by atoms with Gasteiger partial charge in [0.15, 0.2) is 0 Å². The van der Waals surface area contributed by atoms with Gasteiger partial charge in [-0.2, -0.15) is 0 Å². The molecule has 2 aromatic carbocycles. The van der Waals surface area contributed by atoms with E-state index in [1.54, 1.807) is 26.2 Å². The van der Waals surface area contributed by atoms with Gasteiger partial charge in [-0.25, -0.2) is 9.18 Å².